The molecule has 1 amide bonds. The lowest BCUT2D eigenvalue weighted by Crippen LogP contribution is -2.15. The van der Waals surface area contributed by atoms with E-state index >= 15 is 0 Å². The Hall–Kier alpha value is -1.58. The Kier molecular flexibility index (Phi) is 3.87. The van der Waals surface area contributed by atoms with Crippen molar-refractivity contribution < 1.29 is 9.18 Å². The molecule has 2 aromatic rings. The zero-order valence-electron chi connectivity index (χ0n) is 10.9. The highest BCUT2D eigenvalue weighted by molar-refractivity contribution is 6.44. The van der Waals surface area contributed by atoms with Gasteiger partial charge in [0.15, 0.2) is 0 Å². The van der Waals surface area contributed by atoms with Gasteiger partial charge in [-0.05, 0) is 36.1 Å². The van der Waals surface area contributed by atoms with Gasteiger partial charge in [0.25, 0.3) is 0 Å². The normalized spacial score (nSPS) is 20.1. The van der Waals surface area contributed by atoms with Gasteiger partial charge in [-0.3, -0.25) is 4.79 Å². The lowest BCUT2D eigenvalue weighted by Gasteiger charge is -2.08. The van der Waals surface area contributed by atoms with E-state index in [0.29, 0.717) is 27.7 Å². The first-order valence-corrected chi connectivity index (χ1v) is 7.33. The van der Waals surface area contributed by atoms with Crippen molar-refractivity contribution in [3.63, 3.8) is 0 Å². The second kappa shape index (κ2) is 5.66. The highest BCUT2D eigenvalue weighted by Crippen LogP contribution is 2.49. The van der Waals surface area contributed by atoms with Gasteiger partial charge < -0.3 is 5.32 Å². The van der Waals surface area contributed by atoms with Crippen molar-refractivity contribution in [1.82, 2.24) is 0 Å². The number of anilines is 1. The summed E-state index contributed by atoms with van der Waals surface area (Å²) in [4.78, 5) is 12.2. The first kappa shape index (κ1) is 14.4. The maximum Gasteiger partial charge on any atom is 0.228 e. The smallest absolute Gasteiger partial charge is 0.228 e. The van der Waals surface area contributed by atoms with E-state index in [1.54, 1.807) is 36.4 Å². The molecule has 0 aliphatic heterocycles. The largest absolute Gasteiger partial charge is 0.324 e. The third kappa shape index (κ3) is 2.89. The van der Waals surface area contributed by atoms with Crippen LogP contribution in [-0.4, -0.2) is 5.91 Å². The quantitative estimate of drug-likeness (QED) is 0.857. The van der Waals surface area contributed by atoms with Crippen LogP contribution in [0.4, 0.5) is 10.1 Å². The van der Waals surface area contributed by atoms with Gasteiger partial charge in [0.1, 0.15) is 5.82 Å². The topological polar surface area (TPSA) is 29.1 Å². The van der Waals surface area contributed by atoms with Crippen molar-refractivity contribution in [3.8, 4) is 0 Å². The summed E-state index contributed by atoms with van der Waals surface area (Å²) in [6, 6.07) is 11.6. The Balaban J connectivity index is 1.71. The van der Waals surface area contributed by atoms with Gasteiger partial charge in [-0.1, -0.05) is 47.5 Å². The average Bonchev–Trinajstić information content (AvgIpc) is 3.25. The van der Waals surface area contributed by atoms with E-state index in [0.717, 1.165) is 0 Å². The fourth-order valence-electron chi connectivity index (χ4n) is 2.43. The number of nitrogens with one attached hydrogen (secondary N) is 1. The Bertz CT molecular complexity index is 704. The minimum atomic E-state index is -0.265. The molecule has 0 radical (unpaired) electrons. The zero-order valence-corrected chi connectivity index (χ0v) is 12.5. The van der Waals surface area contributed by atoms with Crippen LogP contribution in [0.15, 0.2) is 42.5 Å². The molecule has 0 heterocycles. The molecule has 2 aromatic carbocycles. The summed E-state index contributed by atoms with van der Waals surface area (Å²) < 4.78 is 13.7. The van der Waals surface area contributed by atoms with E-state index in [2.05, 4.69) is 5.32 Å². The zero-order chi connectivity index (χ0) is 15.0. The molecule has 2 nitrogen and oxygen atoms in total. The SMILES string of the molecule is O=C(Nc1cccc(Cl)c1Cl)C1CC1c1ccccc1F. The predicted molar refractivity (Wildman–Crippen MR) is 82.3 cm³/mol. The molecule has 2 atom stereocenters. The minimum Gasteiger partial charge on any atom is -0.324 e. The highest BCUT2D eigenvalue weighted by atomic mass is 35.5. The molecule has 0 aromatic heterocycles. The van der Waals surface area contributed by atoms with E-state index < -0.39 is 0 Å². The molecule has 2 unspecified atom stereocenters. The summed E-state index contributed by atoms with van der Waals surface area (Å²) in [6.07, 6.45) is 0.644. The Labute approximate surface area is 131 Å². The highest BCUT2D eigenvalue weighted by Gasteiger charge is 2.45. The second-order valence-corrected chi connectivity index (χ2v) is 5.85. The summed E-state index contributed by atoms with van der Waals surface area (Å²) in [6.45, 7) is 0. The lowest BCUT2D eigenvalue weighted by molar-refractivity contribution is -0.117. The van der Waals surface area contributed by atoms with E-state index in [-0.39, 0.29) is 23.6 Å². The minimum absolute atomic E-state index is 0.0656. The van der Waals surface area contributed by atoms with Crippen LogP contribution in [0.1, 0.15) is 17.9 Å². The standard InChI is InChI=1S/C16H12Cl2FNO/c17-12-5-3-7-14(15(12)18)20-16(21)11-8-10(11)9-4-1-2-6-13(9)19/h1-7,10-11H,8H2,(H,20,21). The summed E-state index contributed by atoms with van der Waals surface area (Å²) in [7, 11) is 0. The molecule has 1 N–H and O–H groups in total. The number of carbonyl (C=O) groups excluding carboxylic acids is 1. The molecule has 5 heteroatoms. The summed E-state index contributed by atoms with van der Waals surface area (Å²) in [5.41, 5.74) is 1.07. The third-order valence-corrected chi connectivity index (χ3v) is 4.46. The maximum absolute atomic E-state index is 13.7. The van der Waals surface area contributed by atoms with Gasteiger partial charge in [-0.2, -0.15) is 0 Å². The van der Waals surface area contributed by atoms with Crippen LogP contribution in [0.5, 0.6) is 0 Å². The molecule has 21 heavy (non-hydrogen) atoms. The average molecular weight is 324 g/mol. The van der Waals surface area contributed by atoms with E-state index in [4.69, 9.17) is 23.2 Å². The summed E-state index contributed by atoms with van der Waals surface area (Å²) in [5, 5.41) is 3.45. The molecule has 1 aliphatic carbocycles. The number of benzene rings is 2. The molecule has 3 rings (SSSR count). The van der Waals surface area contributed by atoms with Crippen molar-refractivity contribution in [2.45, 2.75) is 12.3 Å². The fourth-order valence-corrected chi connectivity index (χ4v) is 2.78. The van der Waals surface area contributed by atoms with Gasteiger partial charge >= 0.3 is 0 Å². The molecule has 1 saturated carbocycles. The van der Waals surface area contributed by atoms with Gasteiger partial charge in [0.05, 0.1) is 15.7 Å². The molecular formula is C16H12Cl2FNO. The third-order valence-electron chi connectivity index (χ3n) is 3.64. The van der Waals surface area contributed by atoms with Gasteiger partial charge in [-0.15, -0.1) is 0 Å². The molecule has 0 saturated heterocycles. The Morgan fingerprint density at radius 2 is 1.90 bits per heavy atom. The van der Waals surface area contributed by atoms with Crippen LogP contribution in [0.2, 0.25) is 10.0 Å². The number of rotatable bonds is 3. The van der Waals surface area contributed by atoms with Gasteiger partial charge in [0, 0.05) is 5.92 Å². The summed E-state index contributed by atoms with van der Waals surface area (Å²) >= 11 is 11.9. The second-order valence-electron chi connectivity index (χ2n) is 5.06. The van der Waals surface area contributed by atoms with Crippen molar-refractivity contribution >= 4 is 34.8 Å². The molecule has 0 spiro atoms. The fraction of sp³-hybridized carbons (Fsp3) is 0.188. The first-order chi connectivity index (χ1) is 10.1. The van der Waals surface area contributed by atoms with E-state index in [9.17, 15) is 9.18 Å². The number of carbonyl (C=O) groups is 1. The van der Waals surface area contributed by atoms with Gasteiger partial charge in [-0.25, -0.2) is 4.39 Å². The maximum atomic E-state index is 13.7. The molecule has 0 bridgehead atoms. The van der Waals surface area contributed by atoms with Crippen molar-refractivity contribution in [3.05, 3.63) is 63.9 Å². The molecule has 1 aliphatic rings. The molecule has 108 valence electrons. The van der Waals surface area contributed by atoms with Crippen LogP contribution in [0.3, 0.4) is 0 Å². The Morgan fingerprint density at radius 1 is 1.14 bits per heavy atom. The molecular weight excluding hydrogens is 312 g/mol. The van der Waals surface area contributed by atoms with Gasteiger partial charge in [0.2, 0.25) is 5.91 Å². The van der Waals surface area contributed by atoms with Crippen LogP contribution < -0.4 is 5.32 Å². The van der Waals surface area contributed by atoms with Crippen molar-refractivity contribution in [1.29, 1.82) is 0 Å². The number of hydrogen-bond donors (Lipinski definition) is 1. The predicted octanol–water partition coefficient (Wildman–Crippen LogP) is 4.87. The Morgan fingerprint density at radius 3 is 2.67 bits per heavy atom. The molecule has 1 fully saturated rings. The monoisotopic (exact) mass is 323 g/mol. The van der Waals surface area contributed by atoms with Crippen LogP contribution in [0, 0.1) is 11.7 Å². The van der Waals surface area contributed by atoms with Crippen LogP contribution >= 0.6 is 23.2 Å². The van der Waals surface area contributed by atoms with Crippen LogP contribution in [-0.2, 0) is 4.79 Å². The van der Waals surface area contributed by atoms with Crippen molar-refractivity contribution in [2.24, 2.45) is 5.92 Å². The van der Waals surface area contributed by atoms with E-state index in [1.165, 1.54) is 6.07 Å². The lowest BCUT2D eigenvalue weighted by atomic mass is 10.1. The number of amides is 1. The first-order valence-electron chi connectivity index (χ1n) is 6.57. The number of hydrogen-bond acceptors (Lipinski definition) is 1. The van der Waals surface area contributed by atoms with Crippen LogP contribution in [0.25, 0.3) is 0 Å². The summed E-state index contributed by atoms with van der Waals surface area (Å²) in [5.74, 6) is -0.716. The number of halogens is 3. The van der Waals surface area contributed by atoms with E-state index in [1.807, 2.05) is 0 Å². The van der Waals surface area contributed by atoms with Crippen molar-refractivity contribution in [2.75, 3.05) is 5.32 Å².